The molecule has 1 amide bonds. The monoisotopic (exact) mass is 289 g/mol. The highest BCUT2D eigenvalue weighted by Gasteiger charge is 2.31. The minimum Gasteiger partial charge on any atom is -0.383 e. The molecule has 3 rings (SSSR count). The van der Waals surface area contributed by atoms with Crippen LogP contribution in [-0.2, 0) is 9.53 Å². The lowest BCUT2D eigenvalue weighted by molar-refractivity contribution is -0.120. The molecule has 1 saturated heterocycles. The molecule has 1 fully saturated rings. The summed E-state index contributed by atoms with van der Waals surface area (Å²) in [4.78, 5) is 16.3. The molecule has 0 aliphatic carbocycles. The van der Waals surface area contributed by atoms with Crippen LogP contribution < -0.4 is 10.6 Å². The number of fused-ring (bicyclic) bond motifs is 1. The first kappa shape index (κ1) is 13.1. The van der Waals surface area contributed by atoms with Gasteiger partial charge in [0.15, 0.2) is 5.96 Å². The van der Waals surface area contributed by atoms with Crippen molar-refractivity contribution in [3.8, 4) is 0 Å². The van der Waals surface area contributed by atoms with Crippen LogP contribution in [0.1, 0.15) is 11.6 Å². The highest BCUT2D eigenvalue weighted by molar-refractivity contribution is 7.17. The van der Waals surface area contributed by atoms with Gasteiger partial charge in [0.1, 0.15) is 6.04 Å². The Morgan fingerprint density at radius 2 is 2.25 bits per heavy atom. The molecule has 0 bridgehead atoms. The van der Waals surface area contributed by atoms with Gasteiger partial charge in [0, 0.05) is 17.4 Å². The average Bonchev–Trinajstić information content (AvgIpc) is 3.02. The number of nitrogens with zero attached hydrogens (tertiary/aromatic N) is 1. The summed E-state index contributed by atoms with van der Waals surface area (Å²) in [6.45, 7) is 1.06. The van der Waals surface area contributed by atoms with Gasteiger partial charge in [0.2, 0.25) is 0 Å². The molecule has 104 valence electrons. The van der Waals surface area contributed by atoms with E-state index in [0.29, 0.717) is 19.1 Å². The van der Waals surface area contributed by atoms with Gasteiger partial charge in [0.05, 0.1) is 13.2 Å². The van der Waals surface area contributed by atoms with E-state index < -0.39 is 0 Å². The Labute approximate surface area is 120 Å². The number of ether oxygens (including phenoxy) is 1. The smallest absolute Gasteiger partial charge is 0.253 e. The number of aliphatic imine (C=N–C) groups is 1. The summed E-state index contributed by atoms with van der Waals surface area (Å²) in [5.41, 5.74) is 1.00. The van der Waals surface area contributed by atoms with E-state index in [1.54, 1.807) is 18.4 Å². The summed E-state index contributed by atoms with van der Waals surface area (Å²) in [5, 5.41) is 9.04. The summed E-state index contributed by atoms with van der Waals surface area (Å²) in [7, 11) is 1.63. The first-order chi connectivity index (χ1) is 9.79. The van der Waals surface area contributed by atoms with Crippen molar-refractivity contribution in [1.82, 2.24) is 10.6 Å². The highest BCUT2D eigenvalue weighted by Crippen LogP contribution is 2.31. The molecule has 0 spiro atoms. The summed E-state index contributed by atoms with van der Waals surface area (Å²) in [6.07, 6.45) is 0. The van der Waals surface area contributed by atoms with E-state index in [9.17, 15) is 4.79 Å². The molecule has 1 aliphatic heterocycles. The Kier molecular flexibility index (Phi) is 3.66. The number of guanidine groups is 1. The molecule has 1 aromatic carbocycles. The number of amides is 1. The van der Waals surface area contributed by atoms with E-state index >= 15 is 0 Å². The number of carbonyl (C=O) groups excluding carboxylic acids is 1. The minimum atomic E-state index is -0.368. The molecule has 2 N–H and O–H groups in total. The molecule has 2 aromatic rings. The fourth-order valence-corrected chi connectivity index (χ4v) is 3.19. The minimum absolute atomic E-state index is 0.0651. The maximum Gasteiger partial charge on any atom is 0.253 e. The lowest BCUT2D eigenvalue weighted by Gasteiger charge is -2.06. The van der Waals surface area contributed by atoms with Gasteiger partial charge < -0.3 is 10.1 Å². The predicted octanol–water partition coefficient (Wildman–Crippen LogP) is 1.66. The molecular weight excluding hydrogens is 274 g/mol. The number of thiophene rings is 1. The zero-order chi connectivity index (χ0) is 13.9. The van der Waals surface area contributed by atoms with Gasteiger partial charge in [-0.3, -0.25) is 15.1 Å². The number of methoxy groups -OCH3 is 1. The zero-order valence-corrected chi connectivity index (χ0v) is 11.9. The maximum absolute atomic E-state index is 12.1. The largest absolute Gasteiger partial charge is 0.383 e. The van der Waals surface area contributed by atoms with Crippen molar-refractivity contribution in [1.29, 1.82) is 0 Å². The van der Waals surface area contributed by atoms with E-state index in [1.807, 2.05) is 23.6 Å². The fraction of sp³-hybridized carbons (Fsp3) is 0.286. The van der Waals surface area contributed by atoms with Gasteiger partial charge in [-0.1, -0.05) is 18.2 Å². The van der Waals surface area contributed by atoms with Gasteiger partial charge in [-0.05, 0) is 16.8 Å². The number of nitrogens with one attached hydrogen (secondary N) is 2. The molecule has 1 aliphatic rings. The van der Waals surface area contributed by atoms with Gasteiger partial charge >= 0.3 is 0 Å². The third kappa shape index (κ3) is 2.39. The molecule has 2 heterocycles. The number of rotatable bonds is 4. The number of hydrogen-bond donors (Lipinski definition) is 2. The molecule has 20 heavy (non-hydrogen) atoms. The summed E-state index contributed by atoms with van der Waals surface area (Å²) >= 11 is 1.65. The van der Waals surface area contributed by atoms with E-state index in [2.05, 4.69) is 21.7 Å². The quantitative estimate of drug-likeness (QED) is 0.842. The van der Waals surface area contributed by atoms with Crippen molar-refractivity contribution >= 4 is 33.3 Å². The lowest BCUT2D eigenvalue weighted by atomic mass is 10.1. The Morgan fingerprint density at radius 1 is 1.40 bits per heavy atom. The van der Waals surface area contributed by atoms with E-state index in [4.69, 9.17) is 4.74 Å². The van der Waals surface area contributed by atoms with Gasteiger partial charge in [-0.25, -0.2) is 0 Å². The fourth-order valence-electron chi connectivity index (χ4n) is 2.20. The third-order valence-electron chi connectivity index (χ3n) is 3.17. The van der Waals surface area contributed by atoms with Crippen LogP contribution in [0.2, 0.25) is 0 Å². The second-order valence-corrected chi connectivity index (χ2v) is 5.39. The van der Waals surface area contributed by atoms with Crippen LogP contribution in [0.25, 0.3) is 10.1 Å². The lowest BCUT2D eigenvalue weighted by Crippen LogP contribution is -2.26. The van der Waals surface area contributed by atoms with Crippen LogP contribution in [0, 0.1) is 0 Å². The average molecular weight is 289 g/mol. The standard InChI is InChI=1S/C14H15N3O2S/c1-19-7-6-15-14-16-12(13(18)17-14)10-8-20-11-5-3-2-4-9(10)11/h2-5,8,12H,6-7H2,1H3,(H2,15,16,17,18). The molecule has 0 saturated carbocycles. The zero-order valence-electron chi connectivity index (χ0n) is 11.1. The molecule has 6 heteroatoms. The van der Waals surface area contributed by atoms with Crippen LogP contribution in [0.15, 0.2) is 34.6 Å². The SMILES string of the molecule is COCCN=C1NC(=O)C(c2csc3ccccc23)N1. The number of carbonyl (C=O) groups is 1. The first-order valence-electron chi connectivity index (χ1n) is 6.36. The molecule has 1 aromatic heterocycles. The van der Waals surface area contributed by atoms with Crippen LogP contribution in [0.5, 0.6) is 0 Å². The normalized spacial score (nSPS) is 20.4. The molecule has 1 unspecified atom stereocenters. The van der Waals surface area contributed by atoms with E-state index in [-0.39, 0.29) is 11.9 Å². The molecular formula is C14H15N3O2S. The number of benzene rings is 1. The first-order valence-corrected chi connectivity index (χ1v) is 7.24. The Balaban J connectivity index is 1.84. The second kappa shape index (κ2) is 5.60. The van der Waals surface area contributed by atoms with E-state index in [1.165, 1.54) is 4.70 Å². The van der Waals surface area contributed by atoms with Crippen LogP contribution in [0.4, 0.5) is 0 Å². The highest BCUT2D eigenvalue weighted by atomic mass is 32.1. The topological polar surface area (TPSA) is 62.7 Å². The van der Waals surface area contributed by atoms with Crippen molar-refractivity contribution < 1.29 is 9.53 Å². The summed E-state index contributed by atoms with van der Waals surface area (Å²) < 4.78 is 6.12. The number of hydrogen-bond acceptors (Lipinski definition) is 4. The third-order valence-corrected chi connectivity index (χ3v) is 4.15. The Hall–Kier alpha value is -1.92. The molecule has 5 nitrogen and oxygen atoms in total. The molecule has 0 radical (unpaired) electrons. The van der Waals surface area contributed by atoms with Crippen LogP contribution in [-0.4, -0.2) is 32.1 Å². The Bertz CT molecular complexity index is 665. The van der Waals surface area contributed by atoms with Crippen molar-refractivity contribution in [2.75, 3.05) is 20.3 Å². The second-order valence-electron chi connectivity index (χ2n) is 4.48. The predicted molar refractivity (Wildman–Crippen MR) is 80.0 cm³/mol. The van der Waals surface area contributed by atoms with Crippen LogP contribution >= 0.6 is 11.3 Å². The Morgan fingerprint density at radius 3 is 3.10 bits per heavy atom. The van der Waals surface area contributed by atoms with Crippen molar-refractivity contribution in [3.63, 3.8) is 0 Å². The van der Waals surface area contributed by atoms with Gasteiger partial charge in [0.25, 0.3) is 5.91 Å². The van der Waals surface area contributed by atoms with Crippen molar-refractivity contribution in [3.05, 3.63) is 35.2 Å². The van der Waals surface area contributed by atoms with Gasteiger partial charge in [-0.2, -0.15) is 0 Å². The van der Waals surface area contributed by atoms with Crippen molar-refractivity contribution in [2.24, 2.45) is 4.99 Å². The maximum atomic E-state index is 12.1. The molecule has 1 atom stereocenters. The van der Waals surface area contributed by atoms with Gasteiger partial charge in [-0.15, -0.1) is 11.3 Å². The van der Waals surface area contributed by atoms with Crippen LogP contribution in [0.3, 0.4) is 0 Å². The summed E-state index contributed by atoms with van der Waals surface area (Å²) in [5.74, 6) is 0.456. The van der Waals surface area contributed by atoms with E-state index in [0.717, 1.165) is 10.9 Å². The van der Waals surface area contributed by atoms with Crippen molar-refractivity contribution in [2.45, 2.75) is 6.04 Å². The summed E-state index contributed by atoms with van der Waals surface area (Å²) in [6, 6.07) is 7.72.